The summed E-state index contributed by atoms with van der Waals surface area (Å²) in [5.41, 5.74) is 9.18. The molecule has 1 unspecified atom stereocenters. The fraction of sp³-hybridized carbons (Fsp3) is 0.316. The molecule has 0 aromatic heterocycles. The van der Waals surface area contributed by atoms with Gasteiger partial charge in [-0.1, -0.05) is 54.6 Å². The minimum absolute atomic E-state index is 0.195. The van der Waals surface area contributed by atoms with Gasteiger partial charge in [-0.15, -0.1) is 0 Å². The molecule has 1 fully saturated rings. The van der Waals surface area contributed by atoms with Crippen LogP contribution < -0.4 is 5.73 Å². The van der Waals surface area contributed by atoms with E-state index in [1.165, 1.54) is 11.1 Å². The summed E-state index contributed by atoms with van der Waals surface area (Å²) in [5.74, 6) is 0.195. The van der Waals surface area contributed by atoms with Crippen molar-refractivity contribution in [1.82, 2.24) is 4.90 Å². The summed E-state index contributed by atoms with van der Waals surface area (Å²) in [6.07, 6.45) is 2.57. The van der Waals surface area contributed by atoms with Gasteiger partial charge in [-0.2, -0.15) is 0 Å². The first-order chi connectivity index (χ1) is 10.8. The topological polar surface area (TPSA) is 46.3 Å². The Kier molecular flexibility index (Phi) is 4.54. The number of likely N-dealkylation sites (tertiary alicyclic amines) is 1. The first-order valence-electron chi connectivity index (χ1n) is 7.92. The Balaban J connectivity index is 1.67. The lowest BCUT2D eigenvalue weighted by Crippen LogP contribution is -2.40. The van der Waals surface area contributed by atoms with Crippen LogP contribution in [0.15, 0.2) is 54.6 Å². The Hall–Kier alpha value is -2.13. The first-order valence-corrected chi connectivity index (χ1v) is 7.92. The third-order valence-corrected chi connectivity index (χ3v) is 4.39. The van der Waals surface area contributed by atoms with Gasteiger partial charge in [0, 0.05) is 19.1 Å². The van der Waals surface area contributed by atoms with E-state index in [2.05, 4.69) is 24.3 Å². The average molecular weight is 294 g/mol. The van der Waals surface area contributed by atoms with Crippen molar-refractivity contribution in [2.75, 3.05) is 13.1 Å². The maximum absolute atomic E-state index is 12.4. The third kappa shape index (κ3) is 3.20. The summed E-state index contributed by atoms with van der Waals surface area (Å²) in [5, 5.41) is 0. The maximum Gasteiger partial charge on any atom is 0.227 e. The van der Waals surface area contributed by atoms with E-state index in [1.54, 1.807) is 0 Å². The minimum Gasteiger partial charge on any atom is -0.338 e. The Morgan fingerprint density at radius 2 is 1.73 bits per heavy atom. The van der Waals surface area contributed by atoms with Crippen LogP contribution in [0.5, 0.6) is 0 Å². The molecular weight excluding hydrogens is 272 g/mol. The molecule has 0 spiro atoms. The number of hydrogen-bond donors (Lipinski definition) is 1. The second kappa shape index (κ2) is 6.75. The zero-order chi connectivity index (χ0) is 15.4. The van der Waals surface area contributed by atoms with Crippen molar-refractivity contribution in [2.24, 2.45) is 5.73 Å². The van der Waals surface area contributed by atoms with E-state index in [-0.39, 0.29) is 11.9 Å². The smallest absolute Gasteiger partial charge is 0.227 e. The van der Waals surface area contributed by atoms with Gasteiger partial charge in [-0.05, 0) is 29.5 Å². The van der Waals surface area contributed by atoms with Gasteiger partial charge in [0.25, 0.3) is 0 Å². The summed E-state index contributed by atoms with van der Waals surface area (Å²) in [4.78, 5) is 14.4. The fourth-order valence-electron chi connectivity index (χ4n) is 3.13. The zero-order valence-electron chi connectivity index (χ0n) is 12.7. The van der Waals surface area contributed by atoms with Crippen molar-refractivity contribution < 1.29 is 4.79 Å². The van der Waals surface area contributed by atoms with Gasteiger partial charge in [0.2, 0.25) is 5.91 Å². The third-order valence-electron chi connectivity index (χ3n) is 4.39. The molecule has 0 radical (unpaired) electrons. The highest BCUT2D eigenvalue weighted by atomic mass is 16.2. The molecule has 3 heteroatoms. The molecule has 1 amide bonds. The van der Waals surface area contributed by atoms with E-state index >= 15 is 0 Å². The molecule has 1 aliphatic rings. The summed E-state index contributed by atoms with van der Waals surface area (Å²) in [6, 6.07) is 18.8. The zero-order valence-corrected chi connectivity index (χ0v) is 12.7. The Morgan fingerprint density at radius 3 is 2.41 bits per heavy atom. The van der Waals surface area contributed by atoms with Gasteiger partial charge in [0.1, 0.15) is 0 Å². The lowest BCUT2D eigenvalue weighted by Gasteiger charge is -2.23. The molecule has 0 bridgehead atoms. The molecule has 0 aliphatic carbocycles. The fourth-order valence-corrected chi connectivity index (χ4v) is 3.13. The lowest BCUT2D eigenvalue weighted by atomic mass is 10.0. The second-order valence-corrected chi connectivity index (χ2v) is 5.86. The van der Waals surface area contributed by atoms with E-state index in [1.807, 2.05) is 35.2 Å². The van der Waals surface area contributed by atoms with Crippen LogP contribution in [0.4, 0.5) is 0 Å². The first kappa shape index (κ1) is 14.8. The summed E-state index contributed by atoms with van der Waals surface area (Å²) in [6.45, 7) is 1.42. The molecule has 3 nitrogen and oxygen atoms in total. The van der Waals surface area contributed by atoms with Crippen LogP contribution in [0.3, 0.4) is 0 Å². The van der Waals surface area contributed by atoms with Crippen LogP contribution in [0.1, 0.15) is 18.4 Å². The number of amides is 1. The number of benzene rings is 2. The van der Waals surface area contributed by atoms with Crippen LogP contribution in [-0.4, -0.2) is 29.9 Å². The van der Waals surface area contributed by atoms with Crippen LogP contribution in [-0.2, 0) is 11.2 Å². The van der Waals surface area contributed by atoms with E-state index in [4.69, 9.17) is 5.73 Å². The highest BCUT2D eigenvalue weighted by Crippen LogP contribution is 2.21. The van der Waals surface area contributed by atoms with Crippen molar-refractivity contribution in [3.63, 3.8) is 0 Å². The summed E-state index contributed by atoms with van der Waals surface area (Å²) in [7, 11) is 0. The van der Waals surface area contributed by atoms with Crippen molar-refractivity contribution in [3.8, 4) is 11.1 Å². The molecule has 1 aliphatic heterocycles. The van der Waals surface area contributed by atoms with E-state index in [9.17, 15) is 4.79 Å². The molecule has 2 aromatic rings. The van der Waals surface area contributed by atoms with Crippen molar-refractivity contribution in [3.05, 3.63) is 60.2 Å². The molecular formula is C19H22N2O. The van der Waals surface area contributed by atoms with Gasteiger partial charge < -0.3 is 10.6 Å². The van der Waals surface area contributed by atoms with E-state index in [0.29, 0.717) is 13.0 Å². The van der Waals surface area contributed by atoms with Crippen LogP contribution >= 0.6 is 0 Å². The average Bonchev–Trinajstić information content (AvgIpc) is 3.05. The predicted molar refractivity (Wildman–Crippen MR) is 89.4 cm³/mol. The molecule has 114 valence electrons. The number of nitrogens with zero attached hydrogens (tertiary/aromatic N) is 1. The molecule has 1 heterocycles. The number of nitrogens with two attached hydrogens (primary N) is 1. The van der Waals surface area contributed by atoms with Gasteiger partial charge in [0.05, 0.1) is 6.42 Å². The number of carbonyl (C=O) groups is 1. The Labute approximate surface area is 131 Å². The van der Waals surface area contributed by atoms with Gasteiger partial charge in [0.15, 0.2) is 0 Å². The van der Waals surface area contributed by atoms with Crippen molar-refractivity contribution in [1.29, 1.82) is 0 Å². The Morgan fingerprint density at radius 1 is 1.05 bits per heavy atom. The van der Waals surface area contributed by atoms with Crippen LogP contribution in [0.2, 0.25) is 0 Å². The van der Waals surface area contributed by atoms with Gasteiger partial charge >= 0.3 is 0 Å². The second-order valence-electron chi connectivity index (χ2n) is 5.86. The number of carbonyl (C=O) groups excluding carboxylic acids is 1. The highest BCUT2D eigenvalue weighted by molar-refractivity contribution is 5.79. The maximum atomic E-state index is 12.4. The van der Waals surface area contributed by atoms with Gasteiger partial charge in [-0.25, -0.2) is 0 Å². The normalized spacial score (nSPS) is 17.7. The van der Waals surface area contributed by atoms with Crippen molar-refractivity contribution in [2.45, 2.75) is 25.3 Å². The number of rotatable bonds is 4. The molecule has 2 N–H and O–H groups in total. The molecule has 1 atom stereocenters. The highest BCUT2D eigenvalue weighted by Gasteiger charge is 2.27. The molecule has 0 saturated carbocycles. The summed E-state index contributed by atoms with van der Waals surface area (Å²) >= 11 is 0. The molecule has 3 rings (SSSR count). The van der Waals surface area contributed by atoms with Crippen LogP contribution in [0, 0.1) is 0 Å². The lowest BCUT2D eigenvalue weighted by molar-refractivity contribution is -0.131. The quantitative estimate of drug-likeness (QED) is 0.942. The largest absolute Gasteiger partial charge is 0.338 e. The molecule has 1 saturated heterocycles. The van der Waals surface area contributed by atoms with E-state index in [0.717, 1.165) is 24.9 Å². The molecule has 22 heavy (non-hydrogen) atoms. The SMILES string of the molecule is NCC1CCCN1C(=O)Cc1ccc(-c2ccccc2)cc1. The minimum atomic E-state index is 0.195. The Bertz CT molecular complexity index is 622. The monoisotopic (exact) mass is 294 g/mol. The van der Waals surface area contributed by atoms with E-state index < -0.39 is 0 Å². The van der Waals surface area contributed by atoms with Crippen molar-refractivity contribution >= 4 is 5.91 Å². The molecule has 2 aromatic carbocycles. The number of hydrogen-bond acceptors (Lipinski definition) is 2. The standard InChI is InChI=1S/C19H22N2O/c20-14-18-7-4-12-21(18)19(22)13-15-8-10-17(11-9-15)16-5-2-1-3-6-16/h1-3,5-6,8-11,18H,4,7,12-14,20H2. The van der Waals surface area contributed by atoms with Crippen LogP contribution in [0.25, 0.3) is 11.1 Å². The summed E-state index contributed by atoms with van der Waals surface area (Å²) < 4.78 is 0. The van der Waals surface area contributed by atoms with Gasteiger partial charge in [-0.3, -0.25) is 4.79 Å². The predicted octanol–water partition coefficient (Wildman–Crippen LogP) is 2.85.